The topological polar surface area (TPSA) is 0 Å². The van der Waals surface area contributed by atoms with Crippen LogP contribution in [0.1, 0.15) is 0 Å². The van der Waals surface area contributed by atoms with Crippen molar-refractivity contribution in [2.24, 2.45) is 0 Å². The van der Waals surface area contributed by atoms with E-state index in [1.165, 1.54) is 0 Å². The molecular formula is Cl2F4W. The Kier molecular flexibility index (Phi) is 1.12. The predicted molar refractivity (Wildman–Crippen MR) is 16.1 cm³/mol. The van der Waals surface area contributed by atoms with Crippen molar-refractivity contribution in [2.45, 2.75) is 0 Å². The zero-order valence-corrected chi connectivity index (χ0v) is 7.12. The van der Waals surface area contributed by atoms with Crippen LogP contribution in [0.5, 0.6) is 0 Å². The van der Waals surface area contributed by atoms with E-state index in [4.69, 9.17) is 0 Å². The van der Waals surface area contributed by atoms with Gasteiger partial charge in [-0.2, -0.15) is 0 Å². The number of halogens is 6. The van der Waals surface area contributed by atoms with Gasteiger partial charge in [-0.25, -0.2) is 0 Å². The van der Waals surface area contributed by atoms with Crippen molar-refractivity contribution >= 4 is 18.8 Å². The van der Waals surface area contributed by atoms with E-state index < -0.39 is 13.6 Å². The van der Waals surface area contributed by atoms with Crippen molar-refractivity contribution in [2.75, 3.05) is 0 Å². The zero-order chi connectivity index (χ0) is 6.41. The summed E-state index contributed by atoms with van der Waals surface area (Å²) in [5, 5.41) is 0. The monoisotopic (exact) mass is 330 g/mol. The molecule has 7 heavy (non-hydrogen) atoms. The van der Waals surface area contributed by atoms with Gasteiger partial charge in [0.2, 0.25) is 0 Å². The third kappa shape index (κ3) is 178. The Morgan fingerprint density at radius 3 is 0.857 bits per heavy atom. The molecule has 0 fully saturated rings. The van der Waals surface area contributed by atoms with Crippen LogP contribution in [-0.2, 0) is 13.6 Å². The Morgan fingerprint density at radius 2 is 0.857 bits per heavy atom. The molecule has 0 saturated carbocycles. The van der Waals surface area contributed by atoms with Crippen LogP contribution >= 0.6 is 18.8 Å². The molecule has 0 saturated heterocycles. The molecule has 0 bridgehead atoms. The standard InChI is InChI=1S/2ClH.4FH.W/h6*1H;/q;;;;;;+6/p-6. The summed E-state index contributed by atoms with van der Waals surface area (Å²) in [6, 6.07) is 0. The van der Waals surface area contributed by atoms with Crippen molar-refractivity contribution in [3.05, 3.63) is 0 Å². The normalized spacial score (nSPS) is 23.1. The molecule has 0 aliphatic heterocycles. The van der Waals surface area contributed by atoms with E-state index in [1.807, 2.05) is 0 Å². The van der Waals surface area contributed by atoms with Gasteiger partial charge >= 0.3 is 45.0 Å². The maximum absolute atomic E-state index is 10.8. The van der Waals surface area contributed by atoms with Gasteiger partial charge in [0.05, 0.1) is 0 Å². The minimum atomic E-state index is -9.36. The van der Waals surface area contributed by atoms with Crippen molar-refractivity contribution in [1.82, 2.24) is 0 Å². The van der Waals surface area contributed by atoms with Crippen molar-refractivity contribution in [1.29, 1.82) is 0 Å². The zero-order valence-electron chi connectivity index (χ0n) is 2.68. The second-order valence-electron chi connectivity index (χ2n) is 0.875. The molecule has 7 heteroatoms. The summed E-state index contributed by atoms with van der Waals surface area (Å²) in [6.45, 7) is 0. The minimum absolute atomic E-state index is 3.34. The van der Waals surface area contributed by atoms with Crippen LogP contribution in [0.4, 0.5) is 12.6 Å². The second-order valence-corrected chi connectivity index (χ2v) is 18.6. The van der Waals surface area contributed by atoms with Gasteiger partial charge in [-0.05, 0) is 0 Å². The Labute approximate surface area is 45.3 Å². The van der Waals surface area contributed by atoms with Crippen LogP contribution in [0.15, 0.2) is 0 Å². The van der Waals surface area contributed by atoms with Gasteiger partial charge in [-0.3, -0.25) is 0 Å². The molecule has 0 nitrogen and oxygen atoms in total. The Bertz CT molecular complexity index is 68.3. The van der Waals surface area contributed by atoms with E-state index in [9.17, 15) is 12.6 Å². The van der Waals surface area contributed by atoms with E-state index in [2.05, 4.69) is 18.8 Å². The van der Waals surface area contributed by atoms with Gasteiger partial charge in [0, 0.05) is 0 Å². The van der Waals surface area contributed by atoms with Gasteiger partial charge in [0.1, 0.15) is 0 Å². The Hall–Kier alpha value is 0.988. The summed E-state index contributed by atoms with van der Waals surface area (Å²) >= 11 is -9.36. The average molecular weight is 331 g/mol. The Balaban J connectivity index is 4.43. The van der Waals surface area contributed by atoms with Gasteiger partial charge in [-0.15, -0.1) is 0 Å². The summed E-state index contributed by atoms with van der Waals surface area (Å²) in [5.41, 5.74) is 0. The number of hydrogen-bond acceptors (Lipinski definition) is 0. The van der Waals surface area contributed by atoms with Crippen LogP contribution in [0.3, 0.4) is 0 Å². The van der Waals surface area contributed by atoms with Crippen molar-refractivity contribution in [3.63, 3.8) is 0 Å². The van der Waals surface area contributed by atoms with Crippen LogP contribution in [0.25, 0.3) is 0 Å². The quantitative estimate of drug-likeness (QED) is 0.599. The summed E-state index contributed by atoms with van der Waals surface area (Å²) in [6.07, 6.45) is 0. The fraction of sp³-hybridized carbons (Fsp3) is 0. The molecule has 0 amide bonds. The SMILES string of the molecule is [F][W]([F])([F])([F])([Cl])[Cl]. The third-order valence-electron chi connectivity index (χ3n) is 0. The fourth-order valence-corrected chi connectivity index (χ4v) is 0. The summed E-state index contributed by atoms with van der Waals surface area (Å²) in [5.74, 6) is 0. The molecule has 0 aromatic carbocycles. The van der Waals surface area contributed by atoms with Crippen molar-refractivity contribution < 1.29 is 26.2 Å². The van der Waals surface area contributed by atoms with E-state index in [-0.39, 0.29) is 0 Å². The molecular weight excluding hydrogens is 331 g/mol. The molecule has 0 aliphatic rings. The van der Waals surface area contributed by atoms with E-state index in [1.54, 1.807) is 0 Å². The Morgan fingerprint density at radius 1 is 0.857 bits per heavy atom. The summed E-state index contributed by atoms with van der Waals surface area (Å²) in [4.78, 5) is 0. The van der Waals surface area contributed by atoms with Crippen LogP contribution < -0.4 is 0 Å². The first-order valence-electron chi connectivity index (χ1n) is 0.926. The average Bonchev–Trinajstić information content (AvgIpc) is 0.592. The third-order valence-corrected chi connectivity index (χ3v) is 0. The maximum atomic E-state index is 10.8. The molecule has 48 valence electrons. The van der Waals surface area contributed by atoms with Gasteiger partial charge < -0.3 is 0 Å². The van der Waals surface area contributed by atoms with E-state index in [0.29, 0.717) is 0 Å². The summed E-state index contributed by atoms with van der Waals surface area (Å²) < 4.78 is 43.2. The van der Waals surface area contributed by atoms with Gasteiger partial charge in [-0.1, -0.05) is 0 Å². The van der Waals surface area contributed by atoms with E-state index in [0.717, 1.165) is 0 Å². The molecule has 0 aliphatic carbocycles. The predicted octanol–water partition coefficient (Wildman–Crippen LogP) is 3.06. The van der Waals surface area contributed by atoms with Crippen LogP contribution in [0.2, 0.25) is 0 Å². The second kappa shape index (κ2) is 0.980. The first-order chi connectivity index (χ1) is 2.45. The molecule has 0 spiro atoms. The first kappa shape index (κ1) is 7.99. The van der Waals surface area contributed by atoms with Gasteiger partial charge in [0.25, 0.3) is 0 Å². The van der Waals surface area contributed by atoms with Crippen LogP contribution in [-0.4, -0.2) is 0 Å². The molecule has 0 rings (SSSR count). The number of hydrogen-bond donors (Lipinski definition) is 0. The molecule has 0 radical (unpaired) electrons. The number of rotatable bonds is 0. The van der Waals surface area contributed by atoms with Crippen molar-refractivity contribution in [3.8, 4) is 0 Å². The van der Waals surface area contributed by atoms with Crippen LogP contribution in [0, 0.1) is 0 Å². The summed E-state index contributed by atoms with van der Waals surface area (Å²) in [7, 11) is 6.68. The van der Waals surface area contributed by atoms with Gasteiger partial charge in [0.15, 0.2) is 0 Å². The molecule has 0 aromatic heterocycles. The van der Waals surface area contributed by atoms with E-state index >= 15 is 0 Å². The first-order valence-corrected chi connectivity index (χ1v) is 12.6. The fourth-order valence-electron chi connectivity index (χ4n) is 0. The molecule has 0 atom stereocenters. The molecule has 0 N–H and O–H groups in total. The molecule has 0 unspecified atom stereocenters. The molecule has 0 heterocycles. The molecule has 0 aromatic rings.